The van der Waals surface area contributed by atoms with Gasteiger partial charge < -0.3 is 14.8 Å². The van der Waals surface area contributed by atoms with Crippen molar-refractivity contribution in [3.8, 4) is 17.2 Å². The zero-order valence-electron chi connectivity index (χ0n) is 23.9. The maximum absolute atomic E-state index is 13.0. The highest BCUT2D eigenvalue weighted by molar-refractivity contribution is 9.10. The molecule has 4 aromatic carbocycles. The van der Waals surface area contributed by atoms with E-state index in [1.165, 1.54) is 30.4 Å². The van der Waals surface area contributed by atoms with Crippen LogP contribution in [0.1, 0.15) is 43.4 Å². The maximum Gasteiger partial charge on any atom is 0.220 e. The molecule has 4 aromatic rings. The molecular formula is C33H33Br2NO5S. The number of ether oxygens (including phenoxy) is 2. The molecule has 0 saturated carbocycles. The van der Waals surface area contributed by atoms with Crippen LogP contribution in [0.5, 0.6) is 17.2 Å². The van der Waals surface area contributed by atoms with Crippen molar-refractivity contribution in [3.63, 3.8) is 0 Å². The quantitative estimate of drug-likeness (QED) is 0.208. The van der Waals surface area contributed by atoms with Crippen LogP contribution in [0.4, 0.5) is 0 Å². The second-order valence-electron chi connectivity index (χ2n) is 10.4. The molecule has 220 valence electrons. The van der Waals surface area contributed by atoms with E-state index in [0.29, 0.717) is 17.2 Å². The lowest BCUT2D eigenvalue weighted by atomic mass is 9.78. The molecule has 0 unspecified atom stereocenters. The molecule has 6 nitrogen and oxygen atoms in total. The molecule has 1 fully saturated rings. The Bertz CT molecular complexity index is 1660. The van der Waals surface area contributed by atoms with E-state index in [9.17, 15) is 13.2 Å². The number of amides is 1. The van der Waals surface area contributed by atoms with Crippen LogP contribution in [-0.2, 0) is 20.0 Å². The summed E-state index contributed by atoms with van der Waals surface area (Å²) >= 11 is 7.28. The van der Waals surface area contributed by atoms with Crippen molar-refractivity contribution in [2.24, 2.45) is 0 Å². The number of carbonyl (C=O) groups excluding carboxylic acids is 1. The molecule has 1 aliphatic heterocycles. The molecular weight excluding hydrogens is 682 g/mol. The van der Waals surface area contributed by atoms with Crippen LogP contribution in [-0.4, -0.2) is 28.0 Å². The van der Waals surface area contributed by atoms with Crippen molar-refractivity contribution in [2.75, 3.05) is 13.7 Å². The molecule has 1 aliphatic rings. The van der Waals surface area contributed by atoms with Gasteiger partial charge >= 0.3 is 0 Å². The number of methoxy groups -OCH3 is 1. The van der Waals surface area contributed by atoms with Gasteiger partial charge in [0.15, 0.2) is 0 Å². The Balaban J connectivity index is 0.000000600. The second-order valence-corrected chi connectivity index (χ2v) is 14.1. The van der Waals surface area contributed by atoms with Crippen molar-refractivity contribution in [2.45, 2.75) is 48.8 Å². The Kier molecular flexibility index (Phi) is 10.2. The fourth-order valence-electron chi connectivity index (χ4n) is 4.39. The number of rotatable bonds is 7. The maximum atomic E-state index is 13.0. The lowest BCUT2D eigenvalue weighted by molar-refractivity contribution is -0.119. The van der Waals surface area contributed by atoms with E-state index in [4.69, 9.17) is 9.47 Å². The Morgan fingerprint density at radius 2 is 1.33 bits per heavy atom. The Labute approximate surface area is 264 Å². The molecule has 0 aliphatic carbocycles. The minimum atomic E-state index is -3.64. The van der Waals surface area contributed by atoms with Gasteiger partial charge in [-0.3, -0.25) is 4.79 Å². The van der Waals surface area contributed by atoms with Crippen LogP contribution in [0, 0.1) is 6.92 Å². The summed E-state index contributed by atoms with van der Waals surface area (Å²) < 4.78 is 39.0. The number of sulfone groups is 1. The van der Waals surface area contributed by atoms with E-state index >= 15 is 0 Å². The van der Waals surface area contributed by atoms with Crippen LogP contribution >= 0.6 is 31.9 Å². The van der Waals surface area contributed by atoms with Crippen LogP contribution in [0.25, 0.3) is 0 Å². The molecule has 42 heavy (non-hydrogen) atoms. The van der Waals surface area contributed by atoms with Gasteiger partial charge in [0.1, 0.15) is 17.2 Å². The molecule has 0 aromatic heterocycles. The summed E-state index contributed by atoms with van der Waals surface area (Å²) in [4.78, 5) is 10.5. The van der Waals surface area contributed by atoms with Gasteiger partial charge in [0, 0.05) is 22.9 Å². The van der Waals surface area contributed by atoms with Crippen LogP contribution in [0.2, 0.25) is 0 Å². The van der Waals surface area contributed by atoms with E-state index in [1.54, 1.807) is 36.4 Å². The van der Waals surface area contributed by atoms with Crippen molar-refractivity contribution in [1.82, 2.24) is 5.32 Å². The number of nitrogens with one attached hydrogen (secondary N) is 1. The van der Waals surface area contributed by atoms with Gasteiger partial charge in [0.05, 0.1) is 21.4 Å². The fourth-order valence-corrected chi connectivity index (χ4v) is 6.49. The second kappa shape index (κ2) is 13.4. The average Bonchev–Trinajstić information content (AvgIpc) is 3.47. The van der Waals surface area contributed by atoms with E-state index in [1.807, 2.05) is 6.07 Å². The van der Waals surface area contributed by atoms with Crippen LogP contribution in [0.15, 0.2) is 104 Å². The van der Waals surface area contributed by atoms with Crippen molar-refractivity contribution in [1.29, 1.82) is 0 Å². The summed E-state index contributed by atoms with van der Waals surface area (Å²) in [7, 11) is -2.10. The van der Waals surface area contributed by atoms with E-state index < -0.39 is 9.84 Å². The van der Waals surface area contributed by atoms with Gasteiger partial charge in [-0.05, 0) is 113 Å². The summed E-state index contributed by atoms with van der Waals surface area (Å²) in [6.45, 7) is 7.34. The summed E-state index contributed by atoms with van der Waals surface area (Å²) in [6.07, 6.45) is 1.76. The fraction of sp³-hybridized carbons (Fsp3) is 0.242. The Morgan fingerprint density at radius 3 is 1.79 bits per heavy atom. The van der Waals surface area contributed by atoms with Crippen molar-refractivity contribution >= 4 is 47.6 Å². The first-order valence-electron chi connectivity index (χ1n) is 13.4. The van der Waals surface area contributed by atoms with Crippen molar-refractivity contribution < 1.29 is 22.7 Å². The van der Waals surface area contributed by atoms with E-state index in [2.05, 4.69) is 88.3 Å². The monoisotopic (exact) mass is 713 g/mol. The Morgan fingerprint density at radius 1 is 0.786 bits per heavy atom. The van der Waals surface area contributed by atoms with Crippen LogP contribution < -0.4 is 14.8 Å². The van der Waals surface area contributed by atoms with Crippen molar-refractivity contribution in [3.05, 3.63) is 111 Å². The predicted octanol–water partition coefficient (Wildman–Crippen LogP) is 8.38. The smallest absolute Gasteiger partial charge is 0.220 e. The molecule has 1 heterocycles. The first-order valence-corrected chi connectivity index (χ1v) is 16.5. The number of benzene rings is 4. The lowest BCUT2D eigenvalue weighted by Crippen LogP contribution is -2.19. The highest BCUT2D eigenvalue weighted by atomic mass is 79.9. The standard InChI is InChI=1S/C29H26Br2O4S.C4H7NO/c1-19-5-6-20(17-26(19)30)29(2,3)21-7-16-28(27(31)18-21)35-23-10-14-25(15-11-23)36(32,33)24-12-8-22(34-4)9-13-24;6-4-2-1-3-5-4/h5-18H,1-4H3;1-3H2,(H,5,6). The molecule has 0 radical (unpaired) electrons. The number of hydrogen-bond acceptors (Lipinski definition) is 5. The van der Waals surface area contributed by atoms with Gasteiger partial charge in [-0.1, -0.05) is 48.0 Å². The molecule has 0 atom stereocenters. The SMILES string of the molecule is COc1ccc(S(=O)(=O)c2ccc(Oc3ccc(C(C)(C)c4ccc(C)c(Br)c4)cc3Br)cc2)cc1.O=C1CCCN1. The normalized spacial score (nSPS) is 13.1. The zero-order chi connectivity index (χ0) is 30.5. The summed E-state index contributed by atoms with van der Waals surface area (Å²) in [5.41, 5.74) is 3.32. The van der Waals surface area contributed by atoms with E-state index in [-0.39, 0.29) is 21.1 Å². The van der Waals surface area contributed by atoms with Crippen LogP contribution in [0.3, 0.4) is 0 Å². The minimum absolute atomic E-state index is 0.195. The molecule has 1 N–H and O–H groups in total. The highest BCUT2D eigenvalue weighted by Crippen LogP contribution is 2.38. The molecule has 9 heteroatoms. The zero-order valence-corrected chi connectivity index (χ0v) is 27.9. The Hall–Kier alpha value is -3.14. The topological polar surface area (TPSA) is 81.7 Å². The molecule has 0 bridgehead atoms. The third kappa shape index (κ3) is 7.43. The van der Waals surface area contributed by atoms with Gasteiger partial charge in [-0.2, -0.15) is 0 Å². The average molecular weight is 716 g/mol. The summed E-state index contributed by atoms with van der Waals surface area (Å²) in [5.74, 6) is 1.99. The van der Waals surface area contributed by atoms with Gasteiger partial charge in [-0.15, -0.1) is 0 Å². The molecule has 1 saturated heterocycles. The summed E-state index contributed by atoms with van der Waals surface area (Å²) in [5, 5.41) is 2.68. The first-order chi connectivity index (χ1) is 19.9. The van der Waals surface area contributed by atoms with Gasteiger partial charge in [-0.25, -0.2) is 8.42 Å². The predicted molar refractivity (Wildman–Crippen MR) is 172 cm³/mol. The highest BCUT2D eigenvalue weighted by Gasteiger charge is 2.25. The molecule has 1 amide bonds. The lowest BCUT2D eigenvalue weighted by Gasteiger charge is -2.27. The number of carbonyl (C=O) groups is 1. The molecule has 5 rings (SSSR count). The van der Waals surface area contributed by atoms with Gasteiger partial charge in [0.25, 0.3) is 0 Å². The minimum Gasteiger partial charge on any atom is -0.497 e. The van der Waals surface area contributed by atoms with E-state index in [0.717, 1.165) is 33.9 Å². The summed E-state index contributed by atoms with van der Waals surface area (Å²) in [6, 6.07) is 25.2. The third-order valence-corrected chi connectivity index (χ3v) is 10.4. The number of aryl methyl sites for hydroxylation is 1. The van der Waals surface area contributed by atoms with Gasteiger partial charge in [0.2, 0.25) is 15.7 Å². The number of hydrogen-bond donors (Lipinski definition) is 1. The largest absolute Gasteiger partial charge is 0.497 e. The molecule has 0 spiro atoms. The number of halogens is 2. The third-order valence-electron chi connectivity index (χ3n) is 7.18. The first kappa shape index (κ1) is 31.8.